The molecule has 6 atom stereocenters. The topological polar surface area (TPSA) is 43.4 Å². The van der Waals surface area contributed by atoms with Crippen molar-refractivity contribution in [2.45, 2.75) is 84.7 Å². The van der Waals surface area contributed by atoms with E-state index in [-0.39, 0.29) is 22.9 Å². The Kier molecular flexibility index (Phi) is 4.12. The molecule has 0 aromatic rings. The van der Waals surface area contributed by atoms with Crippen LogP contribution < -0.4 is 0 Å². The van der Waals surface area contributed by atoms with Crippen molar-refractivity contribution >= 4 is 11.8 Å². The van der Waals surface area contributed by atoms with Gasteiger partial charge in [0.05, 0.1) is 0 Å². The largest absolute Gasteiger partial charge is 0.462 e. The van der Waals surface area contributed by atoms with Gasteiger partial charge in [-0.15, -0.1) is 0 Å². The van der Waals surface area contributed by atoms with Crippen molar-refractivity contribution in [3.8, 4) is 0 Å². The van der Waals surface area contributed by atoms with Crippen molar-refractivity contribution in [1.29, 1.82) is 0 Å². The van der Waals surface area contributed by atoms with Gasteiger partial charge in [0.2, 0.25) is 0 Å². The molecule has 0 radical (unpaired) electrons. The van der Waals surface area contributed by atoms with E-state index in [1.54, 1.807) is 0 Å². The lowest BCUT2D eigenvalue weighted by Crippen LogP contribution is -2.51. The number of hydrogen-bond donors (Lipinski definition) is 0. The van der Waals surface area contributed by atoms with Crippen LogP contribution in [0.5, 0.6) is 0 Å². The third-order valence-corrected chi connectivity index (χ3v) is 8.44. The maximum Gasteiger partial charge on any atom is 0.305 e. The number of allylic oxidation sites excluding steroid dienone is 1. The average Bonchev–Trinajstić information content (AvgIpc) is 2.92. The van der Waals surface area contributed by atoms with Gasteiger partial charge in [0, 0.05) is 18.3 Å². The number of carbonyl (C=O) groups is 2. The molecule has 3 nitrogen and oxygen atoms in total. The monoisotopic (exact) mass is 344 g/mol. The van der Waals surface area contributed by atoms with Crippen molar-refractivity contribution in [3.63, 3.8) is 0 Å². The summed E-state index contributed by atoms with van der Waals surface area (Å²) in [6.07, 6.45) is 11.3. The van der Waals surface area contributed by atoms with Crippen molar-refractivity contribution in [1.82, 2.24) is 0 Å². The first-order valence-electron chi connectivity index (χ1n) is 10.3. The highest BCUT2D eigenvalue weighted by Gasteiger charge is 2.59. The molecule has 3 unspecified atom stereocenters. The summed E-state index contributed by atoms with van der Waals surface area (Å²) in [5, 5.41) is 0. The molecule has 138 valence electrons. The summed E-state index contributed by atoms with van der Waals surface area (Å²) in [6.45, 7) is 6.69. The van der Waals surface area contributed by atoms with E-state index in [2.05, 4.69) is 13.8 Å². The summed E-state index contributed by atoms with van der Waals surface area (Å²) in [5.41, 5.74) is 1.82. The fourth-order valence-electron chi connectivity index (χ4n) is 6.95. The minimum absolute atomic E-state index is 0.0411. The Balaban J connectivity index is 1.59. The number of fused-ring (bicyclic) bond motifs is 5. The van der Waals surface area contributed by atoms with E-state index in [9.17, 15) is 9.59 Å². The SMILES string of the molecule is CCC(=O)O[C@H]1CCC2C3CCC4=CC(=O)CC[C@]4(C)C3CC[C@@]21C. The smallest absolute Gasteiger partial charge is 0.305 e. The molecule has 3 saturated carbocycles. The van der Waals surface area contributed by atoms with E-state index < -0.39 is 0 Å². The van der Waals surface area contributed by atoms with Crippen molar-refractivity contribution in [2.75, 3.05) is 0 Å². The number of carbonyl (C=O) groups excluding carboxylic acids is 2. The number of rotatable bonds is 2. The molecule has 0 amide bonds. The van der Waals surface area contributed by atoms with Crippen LogP contribution in [0.2, 0.25) is 0 Å². The predicted octanol–water partition coefficient (Wildman–Crippen LogP) is 4.84. The fourth-order valence-corrected chi connectivity index (χ4v) is 6.95. The summed E-state index contributed by atoms with van der Waals surface area (Å²) in [5.74, 6) is 2.41. The van der Waals surface area contributed by atoms with Crippen LogP contribution in [-0.4, -0.2) is 17.9 Å². The summed E-state index contributed by atoms with van der Waals surface area (Å²) in [6, 6.07) is 0. The molecule has 3 fully saturated rings. The lowest BCUT2D eigenvalue weighted by Gasteiger charge is -2.57. The van der Waals surface area contributed by atoms with Crippen LogP contribution in [0.3, 0.4) is 0 Å². The Hall–Kier alpha value is -1.12. The van der Waals surface area contributed by atoms with Crippen LogP contribution in [0.15, 0.2) is 11.6 Å². The molecule has 4 rings (SSSR count). The van der Waals surface area contributed by atoms with E-state index in [0.717, 1.165) is 38.0 Å². The van der Waals surface area contributed by atoms with Gasteiger partial charge in [-0.25, -0.2) is 0 Å². The van der Waals surface area contributed by atoms with Crippen LogP contribution in [0.1, 0.15) is 78.6 Å². The minimum atomic E-state index is -0.0411. The Bertz CT molecular complexity index is 621. The summed E-state index contributed by atoms with van der Waals surface area (Å²) >= 11 is 0. The second-order valence-electron chi connectivity index (χ2n) is 9.42. The Morgan fingerprint density at radius 2 is 1.92 bits per heavy atom. The Morgan fingerprint density at radius 3 is 2.68 bits per heavy atom. The lowest BCUT2D eigenvalue weighted by molar-refractivity contribution is -0.159. The first-order valence-corrected chi connectivity index (χ1v) is 10.3. The molecule has 0 heterocycles. The van der Waals surface area contributed by atoms with Gasteiger partial charge in [-0.05, 0) is 74.2 Å². The standard InChI is InChI=1S/C22H32O3/c1-4-20(24)25-19-8-7-17-16-6-5-14-13-15(23)9-11-21(14,2)18(16)10-12-22(17,19)3/h13,16-19H,4-12H2,1-3H3/t16?,17?,18?,19-,21-,22-/m0/s1. The molecular weight excluding hydrogens is 312 g/mol. The zero-order valence-corrected chi connectivity index (χ0v) is 16.0. The highest BCUT2D eigenvalue weighted by Crippen LogP contribution is 2.65. The first kappa shape index (κ1) is 17.3. The molecule has 0 aromatic carbocycles. The Morgan fingerprint density at radius 1 is 1.12 bits per heavy atom. The summed E-state index contributed by atoms with van der Waals surface area (Å²) < 4.78 is 5.86. The molecule has 0 aromatic heterocycles. The maximum absolute atomic E-state index is 11.9. The molecule has 25 heavy (non-hydrogen) atoms. The molecule has 0 aliphatic heterocycles. The molecule has 0 N–H and O–H groups in total. The van der Waals surface area contributed by atoms with Crippen LogP contribution in [0.4, 0.5) is 0 Å². The highest BCUT2D eigenvalue weighted by molar-refractivity contribution is 5.91. The summed E-state index contributed by atoms with van der Waals surface area (Å²) in [4.78, 5) is 23.8. The zero-order valence-electron chi connectivity index (χ0n) is 16.0. The third kappa shape index (κ3) is 2.52. The fraction of sp³-hybridized carbons (Fsp3) is 0.818. The first-order chi connectivity index (χ1) is 11.9. The lowest BCUT2D eigenvalue weighted by atomic mass is 9.47. The second-order valence-corrected chi connectivity index (χ2v) is 9.42. The Labute approximate surface area is 151 Å². The van der Waals surface area contributed by atoms with Crippen LogP contribution in [0, 0.1) is 28.6 Å². The van der Waals surface area contributed by atoms with Gasteiger partial charge < -0.3 is 4.74 Å². The van der Waals surface area contributed by atoms with Gasteiger partial charge >= 0.3 is 5.97 Å². The maximum atomic E-state index is 11.9. The quantitative estimate of drug-likeness (QED) is 0.673. The van der Waals surface area contributed by atoms with E-state index >= 15 is 0 Å². The number of ether oxygens (including phenoxy) is 1. The van der Waals surface area contributed by atoms with Crippen molar-refractivity contribution in [2.24, 2.45) is 28.6 Å². The second kappa shape index (κ2) is 5.96. The molecule has 0 spiro atoms. The van der Waals surface area contributed by atoms with Crippen molar-refractivity contribution < 1.29 is 14.3 Å². The van der Waals surface area contributed by atoms with Crippen LogP contribution in [-0.2, 0) is 14.3 Å². The molecular formula is C22H32O3. The summed E-state index contributed by atoms with van der Waals surface area (Å²) in [7, 11) is 0. The average molecular weight is 344 g/mol. The minimum Gasteiger partial charge on any atom is -0.462 e. The van der Waals surface area contributed by atoms with Gasteiger partial charge in [0.15, 0.2) is 5.78 Å². The van der Waals surface area contributed by atoms with E-state index in [1.165, 1.54) is 24.8 Å². The normalized spacial score (nSPS) is 45.9. The van der Waals surface area contributed by atoms with Gasteiger partial charge in [0.1, 0.15) is 6.10 Å². The molecule has 3 heteroatoms. The molecule has 4 aliphatic carbocycles. The van der Waals surface area contributed by atoms with Crippen LogP contribution >= 0.6 is 0 Å². The van der Waals surface area contributed by atoms with E-state index in [1.807, 2.05) is 13.0 Å². The molecule has 0 saturated heterocycles. The van der Waals surface area contributed by atoms with Gasteiger partial charge in [-0.3, -0.25) is 9.59 Å². The number of ketones is 1. The third-order valence-electron chi connectivity index (χ3n) is 8.44. The van der Waals surface area contributed by atoms with Gasteiger partial charge in [-0.1, -0.05) is 26.3 Å². The predicted molar refractivity (Wildman–Crippen MR) is 96.9 cm³/mol. The number of esters is 1. The highest BCUT2D eigenvalue weighted by atomic mass is 16.5. The molecule has 4 aliphatic rings. The van der Waals surface area contributed by atoms with Crippen molar-refractivity contribution in [3.05, 3.63) is 11.6 Å². The van der Waals surface area contributed by atoms with Crippen LogP contribution in [0.25, 0.3) is 0 Å². The van der Waals surface area contributed by atoms with Gasteiger partial charge in [-0.2, -0.15) is 0 Å². The van der Waals surface area contributed by atoms with E-state index in [4.69, 9.17) is 4.74 Å². The molecule has 0 bridgehead atoms. The zero-order chi connectivity index (χ0) is 17.8. The van der Waals surface area contributed by atoms with E-state index in [0.29, 0.717) is 24.0 Å². The van der Waals surface area contributed by atoms with Gasteiger partial charge in [0.25, 0.3) is 0 Å². The number of hydrogen-bond acceptors (Lipinski definition) is 3.